The van der Waals surface area contributed by atoms with Crippen molar-refractivity contribution >= 4 is 55.7 Å². The topological polar surface area (TPSA) is 100.0 Å². The second-order valence-electron chi connectivity index (χ2n) is 7.57. The van der Waals surface area contributed by atoms with E-state index in [1.165, 1.54) is 35.5 Å². The van der Waals surface area contributed by atoms with Crippen molar-refractivity contribution < 1.29 is 24.5 Å². The van der Waals surface area contributed by atoms with E-state index in [4.69, 9.17) is 16.3 Å². The zero-order valence-electron chi connectivity index (χ0n) is 17.7. The lowest BCUT2D eigenvalue weighted by molar-refractivity contribution is -0.132. The summed E-state index contributed by atoms with van der Waals surface area (Å²) in [6.07, 6.45) is 0. The SMILES string of the molecule is COc1cc([C@H]2C(=C(O)c3ccc(Cl)cc3)C(=O)C(=O)N2c2nc3ccccc3s2)ccc1O. The quantitative estimate of drug-likeness (QED) is 0.228. The Morgan fingerprint density at radius 3 is 2.53 bits per heavy atom. The largest absolute Gasteiger partial charge is 0.507 e. The molecule has 0 spiro atoms. The first-order valence-electron chi connectivity index (χ1n) is 10.2. The molecule has 3 aromatic carbocycles. The van der Waals surface area contributed by atoms with Crippen LogP contribution in [0.15, 0.2) is 72.3 Å². The summed E-state index contributed by atoms with van der Waals surface area (Å²) in [6.45, 7) is 0. The van der Waals surface area contributed by atoms with E-state index in [2.05, 4.69) is 4.98 Å². The van der Waals surface area contributed by atoms with Gasteiger partial charge in [-0.25, -0.2) is 4.98 Å². The van der Waals surface area contributed by atoms with Crippen molar-refractivity contribution in [3.63, 3.8) is 0 Å². The first-order chi connectivity index (χ1) is 16.4. The Kier molecular flexibility index (Phi) is 5.47. The van der Waals surface area contributed by atoms with Crippen molar-refractivity contribution in [3.05, 3.63) is 88.5 Å². The normalized spacial score (nSPS) is 17.5. The summed E-state index contributed by atoms with van der Waals surface area (Å²) in [5.41, 5.74) is 1.38. The van der Waals surface area contributed by atoms with Crippen molar-refractivity contribution in [2.75, 3.05) is 12.0 Å². The molecule has 1 saturated heterocycles. The molecule has 0 aliphatic carbocycles. The molecule has 7 nitrogen and oxygen atoms in total. The minimum atomic E-state index is -0.995. The Hall–Kier alpha value is -3.88. The van der Waals surface area contributed by atoms with Crippen molar-refractivity contribution in [1.29, 1.82) is 0 Å². The van der Waals surface area contributed by atoms with Crippen LogP contribution in [-0.2, 0) is 9.59 Å². The van der Waals surface area contributed by atoms with Gasteiger partial charge in [-0.05, 0) is 54.1 Å². The zero-order chi connectivity index (χ0) is 24.0. The molecular formula is C25H17ClN2O5S. The fourth-order valence-electron chi connectivity index (χ4n) is 3.94. The Morgan fingerprint density at radius 1 is 1.09 bits per heavy atom. The molecule has 1 amide bonds. The van der Waals surface area contributed by atoms with Crippen LogP contribution in [0.25, 0.3) is 16.0 Å². The maximum absolute atomic E-state index is 13.3. The number of amides is 1. The number of ether oxygens (including phenoxy) is 1. The molecule has 1 atom stereocenters. The fraction of sp³-hybridized carbons (Fsp3) is 0.0800. The number of halogens is 1. The summed E-state index contributed by atoms with van der Waals surface area (Å²) in [4.78, 5) is 32.4. The number of nitrogens with zero attached hydrogens (tertiary/aromatic N) is 2. The molecule has 5 rings (SSSR count). The van der Waals surface area contributed by atoms with Gasteiger partial charge in [0.15, 0.2) is 16.6 Å². The van der Waals surface area contributed by atoms with Gasteiger partial charge in [0.05, 0.1) is 28.9 Å². The molecule has 0 saturated carbocycles. The number of hydrogen-bond donors (Lipinski definition) is 2. The number of para-hydroxylation sites is 1. The highest BCUT2D eigenvalue weighted by Crippen LogP contribution is 2.45. The van der Waals surface area contributed by atoms with Crippen LogP contribution >= 0.6 is 22.9 Å². The molecule has 34 heavy (non-hydrogen) atoms. The van der Waals surface area contributed by atoms with Gasteiger partial charge in [-0.1, -0.05) is 41.1 Å². The Bertz CT molecular complexity index is 1450. The van der Waals surface area contributed by atoms with E-state index in [-0.39, 0.29) is 22.8 Å². The number of aromatic nitrogens is 1. The predicted molar refractivity (Wildman–Crippen MR) is 131 cm³/mol. The summed E-state index contributed by atoms with van der Waals surface area (Å²) >= 11 is 7.23. The highest BCUT2D eigenvalue weighted by molar-refractivity contribution is 7.22. The number of carbonyl (C=O) groups is 2. The highest BCUT2D eigenvalue weighted by atomic mass is 35.5. The number of benzene rings is 3. The van der Waals surface area contributed by atoms with Crippen LogP contribution in [-0.4, -0.2) is 34.0 Å². The number of Topliss-reactive ketones (excluding diaryl/α,β-unsaturated/α-hetero) is 1. The minimum absolute atomic E-state index is 0.0964. The minimum Gasteiger partial charge on any atom is -0.507 e. The number of aliphatic hydroxyl groups is 1. The van der Waals surface area contributed by atoms with E-state index in [0.29, 0.717) is 26.8 Å². The summed E-state index contributed by atoms with van der Waals surface area (Å²) < 4.78 is 6.08. The van der Waals surface area contributed by atoms with Gasteiger partial charge in [0.1, 0.15) is 5.76 Å². The van der Waals surface area contributed by atoms with Gasteiger partial charge in [-0.2, -0.15) is 0 Å². The Balaban J connectivity index is 1.75. The van der Waals surface area contributed by atoms with Gasteiger partial charge >= 0.3 is 5.91 Å². The van der Waals surface area contributed by atoms with Crippen molar-refractivity contribution in [2.24, 2.45) is 0 Å². The average molecular weight is 493 g/mol. The van der Waals surface area contributed by atoms with Gasteiger partial charge in [-0.3, -0.25) is 14.5 Å². The van der Waals surface area contributed by atoms with Gasteiger partial charge < -0.3 is 14.9 Å². The molecule has 9 heteroatoms. The summed E-state index contributed by atoms with van der Waals surface area (Å²) in [6, 6.07) is 17.2. The molecule has 1 aromatic heterocycles. The first-order valence-corrected chi connectivity index (χ1v) is 11.4. The van der Waals surface area contributed by atoms with Crippen LogP contribution in [0.5, 0.6) is 11.5 Å². The van der Waals surface area contributed by atoms with E-state index < -0.39 is 17.7 Å². The molecule has 170 valence electrons. The maximum atomic E-state index is 13.3. The van der Waals surface area contributed by atoms with E-state index >= 15 is 0 Å². The molecule has 1 aliphatic heterocycles. The zero-order valence-corrected chi connectivity index (χ0v) is 19.3. The van der Waals surface area contributed by atoms with E-state index in [9.17, 15) is 19.8 Å². The second-order valence-corrected chi connectivity index (χ2v) is 9.02. The third kappa shape index (κ3) is 3.57. The lowest BCUT2D eigenvalue weighted by atomic mass is 9.95. The molecule has 2 heterocycles. The van der Waals surface area contributed by atoms with Crippen LogP contribution in [0, 0.1) is 0 Å². The van der Waals surface area contributed by atoms with Crippen LogP contribution in [0.2, 0.25) is 5.02 Å². The number of phenols is 1. The molecule has 0 radical (unpaired) electrons. The number of aromatic hydroxyl groups is 1. The Labute approximate surface area is 203 Å². The van der Waals surface area contributed by atoms with Crippen molar-refractivity contribution in [2.45, 2.75) is 6.04 Å². The fourth-order valence-corrected chi connectivity index (χ4v) is 5.05. The summed E-state index contributed by atoms with van der Waals surface area (Å²) in [7, 11) is 1.40. The van der Waals surface area contributed by atoms with Crippen molar-refractivity contribution in [1.82, 2.24) is 4.98 Å². The molecular weight excluding hydrogens is 476 g/mol. The van der Waals surface area contributed by atoms with Crippen LogP contribution < -0.4 is 9.64 Å². The molecule has 0 bridgehead atoms. The smallest absolute Gasteiger partial charge is 0.301 e. The molecule has 0 unspecified atom stereocenters. The lowest BCUT2D eigenvalue weighted by Crippen LogP contribution is -2.29. The predicted octanol–water partition coefficient (Wildman–Crippen LogP) is 5.29. The van der Waals surface area contributed by atoms with Crippen LogP contribution in [0.3, 0.4) is 0 Å². The Morgan fingerprint density at radius 2 is 1.82 bits per heavy atom. The number of phenolic OH excluding ortho intramolecular Hbond substituents is 1. The third-order valence-corrected chi connectivity index (χ3v) is 6.86. The van der Waals surface area contributed by atoms with Gasteiger partial charge in [-0.15, -0.1) is 0 Å². The number of rotatable bonds is 4. The van der Waals surface area contributed by atoms with E-state index in [1.54, 1.807) is 30.3 Å². The molecule has 1 fully saturated rings. The van der Waals surface area contributed by atoms with Crippen molar-refractivity contribution in [3.8, 4) is 11.5 Å². The van der Waals surface area contributed by atoms with Gasteiger partial charge in [0.25, 0.3) is 5.78 Å². The number of hydrogen-bond acceptors (Lipinski definition) is 7. The van der Waals surface area contributed by atoms with E-state index in [0.717, 1.165) is 4.70 Å². The third-order valence-electron chi connectivity index (χ3n) is 5.57. The molecule has 2 N–H and O–H groups in total. The highest BCUT2D eigenvalue weighted by Gasteiger charge is 2.48. The summed E-state index contributed by atoms with van der Waals surface area (Å²) in [5, 5.41) is 22.0. The number of methoxy groups -OCH3 is 1. The monoisotopic (exact) mass is 492 g/mol. The first kappa shape index (κ1) is 21.9. The van der Waals surface area contributed by atoms with Gasteiger partial charge in [0.2, 0.25) is 0 Å². The van der Waals surface area contributed by atoms with Gasteiger partial charge in [0, 0.05) is 10.6 Å². The number of anilines is 1. The standard InChI is InChI=1S/C25H17ClN2O5S/c1-33-18-12-14(8-11-17(18)29)21-20(22(30)13-6-9-15(26)10-7-13)23(31)24(32)28(21)25-27-16-4-2-3-5-19(16)34-25/h2-12,21,29-30H,1H3/t21-/m0/s1. The average Bonchev–Trinajstić information content (AvgIpc) is 3.38. The number of ketones is 1. The van der Waals surface area contributed by atoms with E-state index in [1.807, 2.05) is 24.3 Å². The maximum Gasteiger partial charge on any atom is 0.301 e. The lowest BCUT2D eigenvalue weighted by Gasteiger charge is -2.23. The number of thiazole rings is 1. The second kappa shape index (κ2) is 8.48. The van der Waals surface area contributed by atoms with Crippen LogP contribution in [0.1, 0.15) is 17.2 Å². The number of carbonyl (C=O) groups excluding carboxylic acids is 2. The number of aliphatic hydroxyl groups excluding tert-OH is 1. The van der Waals surface area contributed by atoms with Crippen LogP contribution in [0.4, 0.5) is 5.13 Å². The summed E-state index contributed by atoms with van der Waals surface area (Å²) in [5.74, 6) is -1.93. The number of fused-ring (bicyclic) bond motifs is 1. The molecule has 4 aromatic rings. The molecule has 1 aliphatic rings.